The molecule has 1 amide bonds. The van der Waals surface area contributed by atoms with Crippen LogP contribution in [-0.2, 0) is 29.8 Å². The summed E-state index contributed by atoms with van der Waals surface area (Å²) in [4.78, 5) is 23.5. The molecule has 2 aromatic rings. The number of amides is 1. The first-order valence-corrected chi connectivity index (χ1v) is 9.95. The summed E-state index contributed by atoms with van der Waals surface area (Å²) in [6, 6.07) is 7.73. The molecular weight excluding hydrogens is 386 g/mol. The van der Waals surface area contributed by atoms with Crippen molar-refractivity contribution in [2.24, 2.45) is 0 Å². The van der Waals surface area contributed by atoms with Gasteiger partial charge in [-0.1, -0.05) is 43.6 Å². The zero-order valence-electron chi connectivity index (χ0n) is 16.1. The van der Waals surface area contributed by atoms with Crippen LogP contribution in [0.15, 0.2) is 39.8 Å². The van der Waals surface area contributed by atoms with Gasteiger partial charge in [0.25, 0.3) is 5.91 Å². The highest BCUT2D eigenvalue weighted by Crippen LogP contribution is 2.23. The molecule has 1 heterocycles. The minimum Gasteiger partial charge on any atom is -0.455 e. The summed E-state index contributed by atoms with van der Waals surface area (Å²) in [5.41, 5.74) is 1.32. The number of ether oxygens (including phenoxy) is 1. The molecule has 1 aromatic carbocycles. The molecule has 0 saturated heterocycles. The van der Waals surface area contributed by atoms with Crippen molar-refractivity contribution >= 4 is 27.8 Å². The standard InChI is InChI=1S/C18H23N3O6S/c1-12-5-7-13(8-6-12)28(24,25)19-10-17(23)26-11-15(22)20-16-9-14(21-27-16)18(2,3)4/h5-9,19H,10-11H2,1-4H3,(H,20,22). The number of nitrogens with one attached hydrogen (secondary N) is 2. The van der Waals surface area contributed by atoms with Gasteiger partial charge in [0.15, 0.2) is 6.61 Å². The third-order valence-electron chi connectivity index (χ3n) is 3.64. The van der Waals surface area contributed by atoms with Gasteiger partial charge in [0, 0.05) is 11.5 Å². The molecule has 152 valence electrons. The van der Waals surface area contributed by atoms with E-state index < -0.39 is 35.1 Å². The second kappa shape index (κ2) is 8.53. The van der Waals surface area contributed by atoms with Gasteiger partial charge in [-0.15, -0.1) is 0 Å². The summed E-state index contributed by atoms with van der Waals surface area (Å²) in [5, 5.41) is 6.26. The van der Waals surface area contributed by atoms with E-state index in [1.165, 1.54) is 12.1 Å². The summed E-state index contributed by atoms with van der Waals surface area (Å²) < 4.78 is 36.1. The topological polar surface area (TPSA) is 128 Å². The van der Waals surface area contributed by atoms with Gasteiger partial charge in [-0.2, -0.15) is 4.72 Å². The molecule has 1 aromatic heterocycles. The molecule has 0 aliphatic carbocycles. The lowest BCUT2D eigenvalue weighted by molar-refractivity contribution is -0.146. The number of aryl methyl sites for hydroxylation is 1. The Morgan fingerprint density at radius 3 is 2.39 bits per heavy atom. The highest BCUT2D eigenvalue weighted by Gasteiger charge is 2.20. The van der Waals surface area contributed by atoms with E-state index in [-0.39, 0.29) is 16.2 Å². The molecule has 2 rings (SSSR count). The number of sulfonamides is 1. The van der Waals surface area contributed by atoms with Crippen molar-refractivity contribution in [1.82, 2.24) is 9.88 Å². The van der Waals surface area contributed by atoms with E-state index in [2.05, 4.69) is 15.2 Å². The van der Waals surface area contributed by atoms with Crippen LogP contribution >= 0.6 is 0 Å². The van der Waals surface area contributed by atoms with Gasteiger partial charge in [0.05, 0.1) is 10.6 Å². The maximum absolute atomic E-state index is 12.1. The molecule has 0 aliphatic heterocycles. The van der Waals surface area contributed by atoms with Crippen LogP contribution in [0.3, 0.4) is 0 Å². The van der Waals surface area contributed by atoms with Crippen molar-refractivity contribution in [3.05, 3.63) is 41.6 Å². The van der Waals surface area contributed by atoms with Crippen LogP contribution in [0.5, 0.6) is 0 Å². The molecule has 0 aliphatic rings. The van der Waals surface area contributed by atoms with Crippen LogP contribution in [0, 0.1) is 6.92 Å². The van der Waals surface area contributed by atoms with E-state index in [1.807, 2.05) is 27.7 Å². The lowest BCUT2D eigenvalue weighted by atomic mass is 9.92. The van der Waals surface area contributed by atoms with Crippen LogP contribution in [-0.4, -0.2) is 38.6 Å². The fraction of sp³-hybridized carbons (Fsp3) is 0.389. The van der Waals surface area contributed by atoms with E-state index in [4.69, 9.17) is 9.26 Å². The highest BCUT2D eigenvalue weighted by molar-refractivity contribution is 7.89. The van der Waals surface area contributed by atoms with E-state index in [9.17, 15) is 18.0 Å². The molecular formula is C18H23N3O6S. The van der Waals surface area contributed by atoms with Crippen LogP contribution < -0.4 is 10.0 Å². The first kappa shape index (κ1) is 21.6. The SMILES string of the molecule is Cc1ccc(S(=O)(=O)NCC(=O)OCC(=O)Nc2cc(C(C)(C)C)no2)cc1. The Kier molecular flexibility index (Phi) is 6.57. The Morgan fingerprint density at radius 1 is 1.18 bits per heavy atom. The molecule has 0 spiro atoms. The zero-order valence-corrected chi connectivity index (χ0v) is 16.9. The zero-order chi connectivity index (χ0) is 20.9. The van der Waals surface area contributed by atoms with Gasteiger partial charge in [-0.25, -0.2) is 8.42 Å². The van der Waals surface area contributed by atoms with Crippen molar-refractivity contribution in [1.29, 1.82) is 0 Å². The summed E-state index contributed by atoms with van der Waals surface area (Å²) >= 11 is 0. The molecule has 10 heteroatoms. The van der Waals surface area contributed by atoms with Gasteiger partial charge < -0.3 is 9.26 Å². The quantitative estimate of drug-likeness (QED) is 0.667. The highest BCUT2D eigenvalue weighted by atomic mass is 32.2. The summed E-state index contributed by atoms with van der Waals surface area (Å²) in [6.45, 7) is 6.47. The molecule has 2 N–H and O–H groups in total. The van der Waals surface area contributed by atoms with Crippen LogP contribution in [0.25, 0.3) is 0 Å². The first-order valence-electron chi connectivity index (χ1n) is 8.46. The van der Waals surface area contributed by atoms with E-state index in [0.29, 0.717) is 5.69 Å². The second-order valence-corrected chi connectivity index (χ2v) is 8.94. The van der Waals surface area contributed by atoms with Crippen molar-refractivity contribution < 1.29 is 27.3 Å². The molecule has 0 radical (unpaired) electrons. The number of nitrogens with zero attached hydrogens (tertiary/aromatic N) is 1. The Morgan fingerprint density at radius 2 is 1.82 bits per heavy atom. The number of hydrogen-bond acceptors (Lipinski definition) is 7. The van der Waals surface area contributed by atoms with Gasteiger partial charge in [-0.3, -0.25) is 14.9 Å². The summed E-state index contributed by atoms with van der Waals surface area (Å²) in [7, 11) is -3.85. The van der Waals surface area contributed by atoms with Crippen LogP contribution in [0.4, 0.5) is 5.88 Å². The maximum atomic E-state index is 12.1. The molecule has 9 nitrogen and oxygen atoms in total. The number of carbonyl (C=O) groups is 2. The average Bonchev–Trinajstić information content (AvgIpc) is 3.07. The normalized spacial score (nSPS) is 11.9. The second-order valence-electron chi connectivity index (χ2n) is 7.17. The number of carbonyl (C=O) groups excluding carboxylic acids is 2. The summed E-state index contributed by atoms with van der Waals surface area (Å²) in [5.74, 6) is -1.39. The number of aromatic nitrogens is 1. The average molecular weight is 409 g/mol. The molecule has 0 saturated carbocycles. The van der Waals surface area contributed by atoms with Crippen LogP contribution in [0.2, 0.25) is 0 Å². The number of anilines is 1. The van der Waals surface area contributed by atoms with Crippen molar-refractivity contribution in [3.8, 4) is 0 Å². The smallest absolute Gasteiger partial charge is 0.321 e. The number of hydrogen-bond donors (Lipinski definition) is 2. The minimum absolute atomic E-state index is 0.0311. The van der Waals surface area contributed by atoms with Gasteiger partial charge in [-0.05, 0) is 19.1 Å². The fourth-order valence-corrected chi connectivity index (χ4v) is 2.98. The predicted octanol–water partition coefficient (Wildman–Crippen LogP) is 1.74. The monoisotopic (exact) mass is 409 g/mol. The largest absolute Gasteiger partial charge is 0.455 e. The van der Waals surface area contributed by atoms with Gasteiger partial charge >= 0.3 is 5.97 Å². The number of esters is 1. The number of rotatable bonds is 7. The first-order chi connectivity index (χ1) is 13.0. The van der Waals surface area contributed by atoms with Crippen molar-refractivity contribution in [2.45, 2.75) is 38.0 Å². The third kappa shape index (κ3) is 6.17. The predicted molar refractivity (Wildman–Crippen MR) is 101 cm³/mol. The Labute approximate surface area is 163 Å². The fourth-order valence-electron chi connectivity index (χ4n) is 2.01. The van der Waals surface area contributed by atoms with Crippen LogP contribution in [0.1, 0.15) is 32.0 Å². The molecule has 0 fully saturated rings. The van der Waals surface area contributed by atoms with Gasteiger partial charge in [0.1, 0.15) is 6.54 Å². The third-order valence-corrected chi connectivity index (χ3v) is 5.06. The lowest BCUT2D eigenvalue weighted by Crippen LogP contribution is -2.32. The summed E-state index contributed by atoms with van der Waals surface area (Å²) in [6.07, 6.45) is 0. The maximum Gasteiger partial charge on any atom is 0.321 e. The van der Waals surface area contributed by atoms with Crippen molar-refractivity contribution in [2.75, 3.05) is 18.5 Å². The minimum atomic E-state index is -3.85. The Balaban J connectivity index is 1.79. The van der Waals surface area contributed by atoms with Crippen molar-refractivity contribution in [3.63, 3.8) is 0 Å². The Bertz CT molecular complexity index is 942. The van der Waals surface area contributed by atoms with E-state index in [0.717, 1.165) is 5.56 Å². The van der Waals surface area contributed by atoms with E-state index in [1.54, 1.807) is 18.2 Å². The molecule has 0 atom stereocenters. The lowest BCUT2D eigenvalue weighted by Gasteiger charge is -2.12. The van der Waals surface area contributed by atoms with E-state index >= 15 is 0 Å². The number of benzene rings is 1. The molecule has 0 bridgehead atoms. The van der Waals surface area contributed by atoms with Gasteiger partial charge in [0.2, 0.25) is 15.9 Å². The Hall–Kier alpha value is -2.72. The molecule has 28 heavy (non-hydrogen) atoms. The molecule has 0 unspecified atom stereocenters.